The molecule has 0 saturated heterocycles. The number of fused-ring (bicyclic) bond motifs is 1. The van der Waals surface area contributed by atoms with Crippen molar-refractivity contribution in [3.8, 4) is 0 Å². The molecule has 0 amide bonds. The third-order valence-electron chi connectivity index (χ3n) is 2.56. The highest BCUT2D eigenvalue weighted by molar-refractivity contribution is 6.42. The summed E-state index contributed by atoms with van der Waals surface area (Å²) in [4.78, 5) is 25.0. The molecule has 1 aromatic heterocycles. The van der Waals surface area contributed by atoms with Crippen molar-refractivity contribution < 1.29 is 14.7 Å². The van der Waals surface area contributed by atoms with Gasteiger partial charge in [-0.2, -0.15) is 0 Å². The molecule has 82 valence electrons. The van der Waals surface area contributed by atoms with Gasteiger partial charge in [0, 0.05) is 17.1 Å². The normalized spacial score (nSPS) is 10.6. The molecule has 0 radical (unpaired) electrons. The number of hydrogen-bond donors (Lipinski definition) is 2. The zero-order valence-corrected chi connectivity index (χ0v) is 9.00. The highest BCUT2D eigenvalue weighted by Gasteiger charge is 2.19. The number of benzene rings is 1. The number of aliphatic carboxylic acids is 1. The maximum absolute atomic E-state index is 11.4. The van der Waals surface area contributed by atoms with Gasteiger partial charge in [-0.1, -0.05) is 6.07 Å². The number of aromatic nitrogens is 1. The number of carbonyl (C=O) groups excluding carboxylic acids is 1. The van der Waals surface area contributed by atoms with Gasteiger partial charge < -0.3 is 10.1 Å². The number of rotatable bonds is 2. The lowest BCUT2D eigenvalue weighted by Gasteiger charge is -2.01. The van der Waals surface area contributed by atoms with E-state index in [1.54, 1.807) is 0 Å². The Kier molecular flexibility index (Phi) is 2.27. The van der Waals surface area contributed by atoms with Crippen LogP contribution in [0.2, 0.25) is 0 Å². The molecular formula is C12H11NO3. The zero-order chi connectivity index (χ0) is 11.9. The van der Waals surface area contributed by atoms with E-state index in [2.05, 4.69) is 4.98 Å². The fourth-order valence-electron chi connectivity index (χ4n) is 1.96. The van der Waals surface area contributed by atoms with Gasteiger partial charge >= 0.3 is 5.97 Å². The monoisotopic (exact) mass is 217 g/mol. The van der Waals surface area contributed by atoms with Gasteiger partial charge in [-0.15, -0.1) is 0 Å². The van der Waals surface area contributed by atoms with Crippen molar-refractivity contribution in [2.45, 2.75) is 13.8 Å². The van der Waals surface area contributed by atoms with E-state index in [9.17, 15) is 9.59 Å². The van der Waals surface area contributed by atoms with E-state index >= 15 is 0 Å². The van der Waals surface area contributed by atoms with Crippen LogP contribution in [0.15, 0.2) is 18.3 Å². The number of hydrogen-bond acceptors (Lipinski definition) is 2. The van der Waals surface area contributed by atoms with Crippen molar-refractivity contribution in [2.24, 2.45) is 0 Å². The standard InChI is InChI=1S/C12H11NO3/c1-6-3-7(2)10-8(11(14)12(15)16)5-13-9(10)4-6/h3-5,13H,1-2H3,(H,15,16). The zero-order valence-electron chi connectivity index (χ0n) is 9.00. The van der Waals surface area contributed by atoms with Crippen molar-refractivity contribution >= 4 is 22.7 Å². The molecule has 1 heterocycles. The summed E-state index contributed by atoms with van der Waals surface area (Å²) in [5.41, 5.74) is 2.99. The first-order valence-electron chi connectivity index (χ1n) is 4.86. The first kappa shape index (κ1) is 10.4. The van der Waals surface area contributed by atoms with Crippen molar-refractivity contribution in [3.63, 3.8) is 0 Å². The lowest BCUT2D eigenvalue weighted by Crippen LogP contribution is -2.12. The lowest BCUT2D eigenvalue weighted by molar-refractivity contribution is -0.131. The number of nitrogens with one attached hydrogen (secondary N) is 1. The van der Waals surface area contributed by atoms with Crippen molar-refractivity contribution in [3.05, 3.63) is 35.0 Å². The number of carboxylic acids is 1. The van der Waals surface area contributed by atoms with Gasteiger partial charge in [0.25, 0.3) is 5.78 Å². The summed E-state index contributed by atoms with van der Waals surface area (Å²) in [5, 5.41) is 9.39. The summed E-state index contributed by atoms with van der Waals surface area (Å²) in [6.45, 7) is 3.81. The van der Waals surface area contributed by atoms with Crippen LogP contribution in [0.5, 0.6) is 0 Å². The minimum absolute atomic E-state index is 0.222. The predicted octanol–water partition coefficient (Wildman–Crippen LogP) is 2.05. The molecule has 0 bridgehead atoms. The molecule has 1 aromatic carbocycles. The fourth-order valence-corrected chi connectivity index (χ4v) is 1.96. The van der Waals surface area contributed by atoms with Crippen LogP contribution in [0.4, 0.5) is 0 Å². The maximum atomic E-state index is 11.4. The van der Waals surface area contributed by atoms with Gasteiger partial charge in [0.2, 0.25) is 0 Å². The third-order valence-corrected chi connectivity index (χ3v) is 2.56. The highest BCUT2D eigenvalue weighted by Crippen LogP contribution is 2.24. The number of H-pyrrole nitrogens is 1. The Hall–Kier alpha value is -2.10. The smallest absolute Gasteiger partial charge is 0.377 e. The third kappa shape index (κ3) is 1.48. The molecule has 4 heteroatoms. The first-order chi connectivity index (χ1) is 7.50. The minimum atomic E-state index is -1.43. The Morgan fingerprint density at radius 1 is 1.25 bits per heavy atom. The van der Waals surface area contributed by atoms with Gasteiger partial charge in [0.1, 0.15) is 0 Å². The molecule has 2 aromatic rings. The van der Waals surface area contributed by atoms with E-state index in [1.807, 2.05) is 26.0 Å². The summed E-state index contributed by atoms with van der Waals surface area (Å²) in [6.07, 6.45) is 1.45. The van der Waals surface area contributed by atoms with E-state index < -0.39 is 11.8 Å². The Morgan fingerprint density at radius 3 is 2.56 bits per heavy atom. The molecule has 4 nitrogen and oxygen atoms in total. The molecule has 2 N–H and O–H groups in total. The number of aromatic amines is 1. The molecule has 0 aliphatic heterocycles. The SMILES string of the molecule is Cc1cc(C)c2c(C(=O)C(=O)O)c[nH]c2c1. The van der Waals surface area contributed by atoms with Gasteiger partial charge in [-0.05, 0) is 31.0 Å². The number of Topliss-reactive ketones (excluding diaryl/α,β-unsaturated/α-hetero) is 1. The average molecular weight is 217 g/mol. The summed E-state index contributed by atoms with van der Waals surface area (Å²) < 4.78 is 0. The topological polar surface area (TPSA) is 70.2 Å². The largest absolute Gasteiger partial charge is 0.475 e. The Labute approximate surface area is 91.9 Å². The summed E-state index contributed by atoms with van der Waals surface area (Å²) in [5.74, 6) is -2.31. The number of aryl methyl sites for hydroxylation is 2. The fraction of sp³-hybridized carbons (Fsp3) is 0.167. The predicted molar refractivity (Wildman–Crippen MR) is 59.7 cm³/mol. The first-order valence-corrected chi connectivity index (χ1v) is 4.86. The molecule has 0 aliphatic rings. The van der Waals surface area contributed by atoms with Crippen LogP contribution in [0.25, 0.3) is 10.9 Å². The van der Waals surface area contributed by atoms with Crippen LogP contribution in [0, 0.1) is 13.8 Å². The van der Waals surface area contributed by atoms with Crippen LogP contribution in [-0.4, -0.2) is 21.8 Å². The van der Waals surface area contributed by atoms with Crippen LogP contribution in [-0.2, 0) is 4.79 Å². The van der Waals surface area contributed by atoms with Gasteiger partial charge in [-0.3, -0.25) is 4.79 Å². The number of ketones is 1. The Balaban J connectivity index is 2.74. The lowest BCUT2D eigenvalue weighted by atomic mass is 10.0. The Bertz CT molecular complexity index is 596. The Morgan fingerprint density at radius 2 is 1.94 bits per heavy atom. The molecular weight excluding hydrogens is 206 g/mol. The second-order valence-electron chi connectivity index (χ2n) is 3.84. The van der Waals surface area contributed by atoms with E-state index in [4.69, 9.17) is 5.11 Å². The van der Waals surface area contributed by atoms with Gasteiger partial charge in [-0.25, -0.2) is 4.79 Å². The highest BCUT2D eigenvalue weighted by atomic mass is 16.4. The van der Waals surface area contributed by atoms with Crippen molar-refractivity contribution in [2.75, 3.05) is 0 Å². The summed E-state index contributed by atoms with van der Waals surface area (Å²) in [7, 11) is 0. The molecule has 2 rings (SSSR count). The van der Waals surface area contributed by atoms with Crippen LogP contribution < -0.4 is 0 Å². The van der Waals surface area contributed by atoms with Crippen molar-refractivity contribution in [1.82, 2.24) is 4.98 Å². The van der Waals surface area contributed by atoms with E-state index in [0.717, 1.165) is 16.6 Å². The van der Waals surface area contributed by atoms with E-state index in [0.29, 0.717) is 5.39 Å². The second kappa shape index (κ2) is 3.48. The molecule has 0 saturated carbocycles. The molecule has 0 spiro atoms. The van der Waals surface area contributed by atoms with Crippen LogP contribution in [0.1, 0.15) is 21.5 Å². The molecule has 0 fully saturated rings. The number of carbonyl (C=O) groups is 2. The van der Waals surface area contributed by atoms with Gasteiger partial charge in [0.15, 0.2) is 0 Å². The molecule has 16 heavy (non-hydrogen) atoms. The maximum Gasteiger partial charge on any atom is 0.377 e. The van der Waals surface area contributed by atoms with Crippen LogP contribution >= 0.6 is 0 Å². The van der Waals surface area contributed by atoms with Crippen molar-refractivity contribution in [1.29, 1.82) is 0 Å². The average Bonchev–Trinajstić information content (AvgIpc) is 2.59. The quantitative estimate of drug-likeness (QED) is 0.597. The molecule has 0 atom stereocenters. The van der Waals surface area contributed by atoms with Gasteiger partial charge in [0.05, 0.1) is 5.56 Å². The summed E-state index contributed by atoms with van der Waals surface area (Å²) in [6, 6.07) is 3.82. The van der Waals surface area contributed by atoms with E-state index in [1.165, 1.54) is 6.20 Å². The number of carboxylic acid groups (broad SMARTS) is 1. The minimum Gasteiger partial charge on any atom is -0.475 e. The summed E-state index contributed by atoms with van der Waals surface area (Å²) >= 11 is 0. The molecule has 0 aliphatic carbocycles. The molecule has 0 unspecified atom stereocenters. The van der Waals surface area contributed by atoms with E-state index in [-0.39, 0.29) is 5.56 Å². The second-order valence-corrected chi connectivity index (χ2v) is 3.84. The van der Waals surface area contributed by atoms with Crippen LogP contribution in [0.3, 0.4) is 0 Å².